The summed E-state index contributed by atoms with van der Waals surface area (Å²) in [6.45, 7) is 9.05. The molecular formula is C29H37N5O2. The Hall–Kier alpha value is -3.35. The minimum Gasteiger partial charge on any atom is -0.398 e. The van der Waals surface area contributed by atoms with Crippen LogP contribution < -0.4 is 5.73 Å². The lowest BCUT2D eigenvalue weighted by Crippen LogP contribution is -2.43. The number of nitrogens with zero attached hydrogens (tertiary/aromatic N) is 3. The first-order chi connectivity index (χ1) is 17.2. The van der Waals surface area contributed by atoms with Crippen LogP contribution in [0.4, 0.5) is 5.69 Å². The van der Waals surface area contributed by atoms with Crippen LogP contribution in [0.25, 0.3) is 10.9 Å². The van der Waals surface area contributed by atoms with Crippen molar-refractivity contribution in [3.8, 4) is 0 Å². The first kappa shape index (κ1) is 24.3. The molecule has 1 atom stereocenters. The number of H-pyrrole nitrogens is 1. The van der Waals surface area contributed by atoms with E-state index in [4.69, 9.17) is 5.73 Å². The number of benzene rings is 2. The van der Waals surface area contributed by atoms with E-state index in [1.54, 1.807) is 0 Å². The number of para-hydroxylation sites is 1. The molecule has 3 heterocycles. The largest absolute Gasteiger partial charge is 0.398 e. The highest BCUT2D eigenvalue weighted by Gasteiger charge is 2.35. The standard InChI is InChI=1S/C29H37N5O2/c1-29(2,3)18-34-17-24-20(8-9-26-23(24)16-31-32-26)14-21(28(34)36)15-27(35)33-12-10-19(11-13-33)22-6-4-5-7-25(22)30/h4-9,16,19,21H,10-15,17-18,30H2,1-3H3,(H,31,32)/t21-/m0/s1. The Balaban J connectivity index is 1.33. The lowest BCUT2D eigenvalue weighted by molar-refractivity contribution is -0.142. The molecule has 3 N–H and O–H groups in total. The first-order valence-corrected chi connectivity index (χ1v) is 13.0. The summed E-state index contributed by atoms with van der Waals surface area (Å²) in [5.74, 6) is 0.184. The minimum absolute atomic E-state index is 0.0415. The number of aromatic nitrogens is 2. The number of nitrogen functional groups attached to an aromatic ring is 1. The average Bonchev–Trinajstić information content (AvgIpc) is 3.28. The second-order valence-corrected chi connectivity index (χ2v) is 11.7. The van der Waals surface area contributed by atoms with Gasteiger partial charge in [-0.2, -0.15) is 5.10 Å². The predicted molar refractivity (Wildman–Crippen MR) is 142 cm³/mol. The van der Waals surface area contributed by atoms with E-state index in [0.29, 0.717) is 38.5 Å². The van der Waals surface area contributed by atoms with Crippen LogP contribution in [0.3, 0.4) is 0 Å². The van der Waals surface area contributed by atoms with Crippen molar-refractivity contribution in [2.75, 3.05) is 25.4 Å². The molecule has 5 rings (SSSR count). The van der Waals surface area contributed by atoms with E-state index in [2.05, 4.69) is 43.1 Å². The quantitative estimate of drug-likeness (QED) is 0.530. The summed E-state index contributed by atoms with van der Waals surface area (Å²) in [6.07, 6.45) is 4.48. The summed E-state index contributed by atoms with van der Waals surface area (Å²) >= 11 is 0. The van der Waals surface area contributed by atoms with Crippen molar-refractivity contribution in [1.29, 1.82) is 0 Å². The highest BCUT2D eigenvalue weighted by molar-refractivity contribution is 5.89. The number of aromatic amines is 1. The summed E-state index contributed by atoms with van der Waals surface area (Å²) in [4.78, 5) is 31.1. The fourth-order valence-corrected chi connectivity index (χ4v) is 5.91. The maximum Gasteiger partial charge on any atom is 0.226 e. The van der Waals surface area contributed by atoms with Gasteiger partial charge in [-0.1, -0.05) is 45.0 Å². The maximum atomic E-state index is 13.8. The van der Waals surface area contributed by atoms with Crippen LogP contribution in [-0.2, 0) is 22.6 Å². The maximum absolute atomic E-state index is 13.8. The Morgan fingerprint density at radius 1 is 1.14 bits per heavy atom. The molecule has 36 heavy (non-hydrogen) atoms. The molecule has 7 heteroatoms. The number of carbonyl (C=O) groups is 2. The zero-order chi connectivity index (χ0) is 25.4. The number of fused-ring (bicyclic) bond motifs is 3. The van der Waals surface area contributed by atoms with Crippen molar-refractivity contribution in [3.63, 3.8) is 0 Å². The van der Waals surface area contributed by atoms with E-state index in [-0.39, 0.29) is 29.6 Å². The number of nitrogens with two attached hydrogens (primary N) is 1. The molecule has 1 saturated heterocycles. The molecule has 2 amide bonds. The zero-order valence-electron chi connectivity index (χ0n) is 21.6. The Labute approximate surface area is 213 Å². The van der Waals surface area contributed by atoms with Crippen LogP contribution in [0.2, 0.25) is 0 Å². The fraction of sp³-hybridized carbons (Fsp3) is 0.483. The molecule has 0 bridgehead atoms. The van der Waals surface area contributed by atoms with Gasteiger partial charge in [-0.3, -0.25) is 14.7 Å². The first-order valence-electron chi connectivity index (χ1n) is 13.0. The van der Waals surface area contributed by atoms with E-state index in [9.17, 15) is 9.59 Å². The number of rotatable bonds is 4. The molecule has 0 unspecified atom stereocenters. The van der Waals surface area contributed by atoms with E-state index in [1.165, 1.54) is 5.56 Å². The summed E-state index contributed by atoms with van der Waals surface area (Å²) in [7, 11) is 0. The smallest absolute Gasteiger partial charge is 0.226 e. The van der Waals surface area contributed by atoms with Gasteiger partial charge in [0, 0.05) is 43.7 Å². The van der Waals surface area contributed by atoms with Gasteiger partial charge in [-0.25, -0.2) is 0 Å². The molecule has 3 aromatic rings. The van der Waals surface area contributed by atoms with Gasteiger partial charge in [-0.15, -0.1) is 0 Å². The number of anilines is 1. The fourth-order valence-electron chi connectivity index (χ4n) is 5.91. The Kier molecular flexibility index (Phi) is 6.49. The summed E-state index contributed by atoms with van der Waals surface area (Å²) < 4.78 is 0. The molecule has 1 aromatic heterocycles. The van der Waals surface area contributed by atoms with Crippen molar-refractivity contribution in [2.45, 2.75) is 58.9 Å². The van der Waals surface area contributed by atoms with Crippen molar-refractivity contribution >= 4 is 28.4 Å². The number of carbonyl (C=O) groups excluding carboxylic acids is 2. The van der Waals surface area contributed by atoms with Crippen LogP contribution >= 0.6 is 0 Å². The molecule has 2 aliphatic rings. The van der Waals surface area contributed by atoms with Gasteiger partial charge in [0.25, 0.3) is 0 Å². The SMILES string of the molecule is CC(C)(C)CN1Cc2c(ccc3[nH]ncc23)C[C@@H](CC(=O)N2CCC(c3ccccc3N)CC2)C1=O. The topological polar surface area (TPSA) is 95.3 Å². The number of hydrogen-bond donors (Lipinski definition) is 2. The van der Waals surface area contributed by atoms with Crippen molar-refractivity contribution in [1.82, 2.24) is 20.0 Å². The van der Waals surface area contributed by atoms with Gasteiger partial charge in [0.2, 0.25) is 11.8 Å². The number of piperidine rings is 1. The number of hydrogen-bond acceptors (Lipinski definition) is 4. The zero-order valence-corrected chi connectivity index (χ0v) is 21.6. The van der Waals surface area contributed by atoms with E-state index >= 15 is 0 Å². The molecule has 0 aliphatic carbocycles. The monoisotopic (exact) mass is 487 g/mol. The summed E-state index contributed by atoms with van der Waals surface area (Å²) in [5.41, 5.74) is 11.4. The molecule has 2 aromatic carbocycles. The normalized spacial score (nSPS) is 19.4. The van der Waals surface area contributed by atoms with Gasteiger partial charge < -0.3 is 15.5 Å². The van der Waals surface area contributed by atoms with Crippen LogP contribution in [-0.4, -0.2) is 51.4 Å². The third-order valence-electron chi connectivity index (χ3n) is 7.68. The predicted octanol–water partition coefficient (Wildman–Crippen LogP) is 4.49. The molecule has 0 saturated carbocycles. The molecule has 0 spiro atoms. The third kappa shape index (κ3) is 4.97. The highest BCUT2D eigenvalue weighted by atomic mass is 16.2. The average molecular weight is 488 g/mol. The van der Waals surface area contributed by atoms with Crippen molar-refractivity contribution < 1.29 is 9.59 Å². The Bertz CT molecular complexity index is 1270. The lowest BCUT2D eigenvalue weighted by atomic mass is 9.87. The van der Waals surface area contributed by atoms with Crippen molar-refractivity contribution in [3.05, 3.63) is 59.3 Å². The highest BCUT2D eigenvalue weighted by Crippen LogP contribution is 2.34. The number of amides is 2. The van der Waals surface area contributed by atoms with E-state index < -0.39 is 0 Å². The van der Waals surface area contributed by atoms with Crippen LogP contribution in [0.5, 0.6) is 0 Å². The molecule has 0 radical (unpaired) electrons. The minimum atomic E-state index is -0.354. The van der Waals surface area contributed by atoms with Crippen LogP contribution in [0.15, 0.2) is 42.6 Å². The van der Waals surface area contributed by atoms with E-state index in [1.807, 2.05) is 40.3 Å². The molecule has 2 aliphatic heterocycles. The number of likely N-dealkylation sites (tertiary alicyclic amines) is 1. The number of nitrogens with one attached hydrogen (secondary N) is 1. The van der Waals surface area contributed by atoms with Gasteiger partial charge in [-0.05, 0) is 59.4 Å². The van der Waals surface area contributed by atoms with Gasteiger partial charge in [0.15, 0.2) is 0 Å². The molecule has 190 valence electrons. The summed E-state index contributed by atoms with van der Waals surface area (Å²) in [6, 6.07) is 12.2. The van der Waals surface area contributed by atoms with Crippen LogP contribution in [0, 0.1) is 11.3 Å². The Morgan fingerprint density at radius 2 is 1.89 bits per heavy atom. The van der Waals surface area contributed by atoms with Crippen LogP contribution in [0.1, 0.15) is 62.6 Å². The molecule has 7 nitrogen and oxygen atoms in total. The second kappa shape index (κ2) is 9.60. The molecular weight excluding hydrogens is 450 g/mol. The van der Waals surface area contributed by atoms with Crippen molar-refractivity contribution in [2.24, 2.45) is 11.3 Å². The van der Waals surface area contributed by atoms with Gasteiger partial charge in [0.1, 0.15) is 0 Å². The van der Waals surface area contributed by atoms with Gasteiger partial charge in [0.05, 0.1) is 17.6 Å². The Morgan fingerprint density at radius 3 is 2.61 bits per heavy atom. The second-order valence-electron chi connectivity index (χ2n) is 11.7. The lowest BCUT2D eigenvalue weighted by Gasteiger charge is -2.34. The van der Waals surface area contributed by atoms with Gasteiger partial charge >= 0.3 is 0 Å². The van der Waals surface area contributed by atoms with E-state index in [0.717, 1.165) is 40.6 Å². The third-order valence-corrected chi connectivity index (χ3v) is 7.68. The summed E-state index contributed by atoms with van der Waals surface area (Å²) in [5, 5.41) is 8.33. The molecule has 1 fully saturated rings.